The van der Waals surface area contributed by atoms with Crippen LogP contribution in [0.15, 0.2) is 54.6 Å². The Morgan fingerprint density at radius 3 is 2.33 bits per heavy atom. The van der Waals surface area contributed by atoms with E-state index >= 15 is 0 Å². The first-order chi connectivity index (χ1) is 10.4. The average Bonchev–Trinajstić information content (AvgIpc) is 2.95. The molecule has 4 rings (SSSR count). The van der Waals surface area contributed by atoms with Crippen LogP contribution in [0.5, 0.6) is 0 Å². The second kappa shape index (κ2) is 6.01. The number of hydrogen-bond acceptors (Lipinski definition) is 0. The number of para-hydroxylation sites is 1. The molecule has 21 heavy (non-hydrogen) atoms. The van der Waals surface area contributed by atoms with Gasteiger partial charge in [0.2, 0.25) is 0 Å². The van der Waals surface area contributed by atoms with Crippen molar-refractivity contribution in [2.24, 2.45) is 0 Å². The number of aryl methyl sites for hydroxylation is 1. The van der Waals surface area contributed by atoms with E-state index in [1.54, 1.807) is 0 Å². The smallest absolute Gasteiger partial charge is 0.0461 e. The van der Waals surface area contributed by atoms with Crippen molar-refractivity contribution in [1.82, 2.24) is 4.98 Å². The monoisotopic (exact) mass is 275 g/mol. The van der Waals surface area contributed by atoms with Crippen LogP contribution in [0.4, 0.5) is 0 Å². The van der Waals surface area contributed by atoms with Crippen LogP contribution < -0.4 is 0 Å². The van der Waals surface area contributed by atoms with Gasteiger partial charge in [-0.25, -0.2) is 0 Å². The zero-order valence-electron chi connectivity index (χ0n) is 12.7. The van der Waals surface area contributed by atoms with E-state index in [0.29, 0.717) is 0 Å². The number of fused-ring (bicyclic) bond motifs is 3. The topological polar surface area (TPSA) is 15.8 Å². The fourth-order valence-electron chi connectivity index (χ4n) is 3.00. The van der Waals surface area contributed by atoms with E-state index in [-0.39, 0.29) is 0 Å². The Morgan fingerprint density at radius 1 is 0.810 bits per heavy atom. The number of aromatic nitrogens is 1. The summed E-state index contributed by atoms with van der Waals surface area (Å²) in [7, 11) is 0. The highest BCUT2D eigenvalue weighted by atomic mass is 14.7. The number of rotatable bonds is 1. The standard InChI is InChI=1S/C18H15N.C2H6/c1-2-6-13(7-3-1)14-10-11-16-15-8-4-5-9-17(15)19-18(16)12-14;1-2/h1-9,12,19H,10-11H2;1-2H3. The highest BCUT2D eigenvalue weighted by Crippen LogP contribution is 2.34. The number of nitrogens with one attached hydrogen (secondary N) is 1. The first-order valence-electron chi connectivity index (χ1n) is 7.77. The number of hydrogen-bond donors (Lipinski definition) is 1. The second-order valence-corrected chi connectivity index (χ2v) is 5.10. The third kappa shape index (κ3) is 2.52. The van der Waals surface area contributed by atoms with Gasteiger partial charge in [0.15, 0.2) is 0 Å². The molecule has 0 radical (unpaired) electrons. The maximum Gasteiger partial charge on any atom is 0.0461 e. The molecule has 2 aromatic carbocycles. The molecule has 0 fully saturated rings. The van der Waals surface area contributed by atoms with Gasteiger partial charge in [-0.1, -0.05) is 62.4 Å². The molecule has 1 N–H and O–H groups in total. The zero-order chi connectivity index (χ0) is 14.7. The number of aromatic amines is 1. The summed E-state index contributed by atoms with van der Waals surface area (Å²) in [6, 6.07) is 19.3. The predicted molar refractivity (Wildman–Crippen MR) is 92.3 cm³/mol. The van der Waals surface area contributed by atoms with Gasteiger partial charge < -0.3 is 4.98 Å². The fraction of sp³-hybridized carbons (Fsp3) is 0.200. The molecule has 0 saturated heterocycles. The minimum absolute atomic E-state index is 1.12. The van der Waals surface area contributed by atoms with Gasteiger partial charge in [0.05, 0.1) is 0 Å². The summed E-state index contributed by atoms with van der Waals surface area (Å²) < 4.78 is 0. The minimum atomic E-state index is 1.12. The molecule has 0 amide bonds. The third-order valence-corrected chi connectivity index (χ3v) is 3.95. The van der Waals surface area contributed by atoms with Gasteiger partial charge in [0.1, 0.15) is 0 Å². The van der Waals surface area contributed by atoms with E-state index in [4.69, 9.17) is 0 Å². The van der Waals surface area contributed by atoms with Crippen LogP contribution in [-0.4, -0.2) is 4.98 Å². The predicted octanol–water partition coefficient (Wildman–Crippen LogP) is 5.68. The van der Waals surface area contributed by atoms with E-state index in [1.165, 1.54) is 33.3 Å². The molecular formula is C20H21N. The molecular weight excluding hydrogens is 254 g/mol. The summed E-state index contributed by atoms with van der Waals surface area (Å²) >= 11 is 0. The molecule has 1 heterocycles. The van der Waals surface area contributed by atoms with Crippen molar-refractivity contribution in [2.45, 2.75) is 26.7 Å². The van der Waals surface area contributed by atoms with E-state index in [1.807, 2.05) is 13.8 Å². The lowest BCUT2D eigenvalue weighted by Gasteiger charge is -2.14. The normalized spacial score (nSPS) is 13.1. The maximum atomic E-state index is 3.54. The van der Waals surface area contributed by atoms with Crippen molar-refractivity contribution in [1.29, 1.82) is 0 Å². The highest BCUT2D eigenvalue weighted by molar-refractivity contribution is 5.93. The lowest BCUT2D eigenvalue weighted by molar-refractivity contribution is 1.01. The largest absolute Gasteiger partial charge is 0.355 e. The molecule has 0 spiro atoms. The van der Waals surface area contributed by atoms with Crippen LogP contribution in [0.2, 0.25) is 0 Å². The lowest BCUT2D eigenvalue weighted by atomic mass is 9.91. The van der Waals surface area contributed by atoms with Crippen molar-refractivity contribution < 1.29 is 0 Å². The van der Waals surface area contributed by atoms with Crippen LogP contribution in [-0.2, 0) is 6.42 Å². The van der Waals surface area contributed by atoms with Crippen LogP contribution in [0.3, 0.4) is 0 Å². The van der Waals surface area contributed by atoms with E-state index in [9.17, 15) is 0 Å². The van der Waals surface area contributed by atoms with Gasteiger partial charge >= 0.3 is 0 Å². The molecule has 1 heteroatoms. The number of allylic oxidation sites excluding steroid dienone is 1. The number of benzene rings is 2. The van der Waals surface area contributed by atoms with Crippen LogP contribution >= 0.6 is 0 Å². The summed E-state index contributed by atoms with van der Waals surface area (Å²) in [5, 5.41) is 1.38. The van der Waals surface area contributed by atoms with Crippen molar-refractivity contribution in [3.05, 3.63) is 71.4 Å². The summed E-state index contributed by atoms with van der Waals surface area (Å²) in [6.45, 7) is 4.00. The molecule has 0 saturated carbocycles. The van der Waals surface area contributed by atoms with Gasteiger partial charge in [0, 0.05) is 16.6 Å². The van der Waals surface area contributed by atoms with Crippen LogP contribution in [0.1, 0.15) is 37.1 Å². The first kappa shape index (κ1) is 13.7. The molecule has 1 aliphatic carbocycles. The van der Waals surface area contributed by atoms with Crippen molar-refractivity contribution in [3.8, 4) is 0 Å². The molecule has 0 unspecified atom stereocenters. The SMILES string of the molecule is C1=C(c2ccccc2)CCc2c1[nH]c1ccccc21.CC. The van der Waals surface area contributed by atoms with Gasteiger partial charge in [-0.2, -0.15) is 0 Å². The maximum absolute atomic E-state index is 3.54. The third-order valence-electron chi connectivity index (χ3n) is 3.95. The fourth-order valence-corrected chi connectivity index (χ4v) is 3.00. The number of H-pyrrole nitrogens is 1. The first-order valence-corrected chi connectivity index (χ1v) is 7.77. The Balaban J connectivity index is 0.000000636. The van der Waals surface area contributed by atoms with Gasteiger partial charge in [0.25, 0.3) is 0 Å². The van der Waals surface area contributed by atoms with Gasteiger partial charge in [-0.05, 0) is 41.7 Å². The van der Waals surface area contributed by atoms with Gasteiger partial charge in [-0.15, -0.1) is 0 Å². The Bertz CT molecular complexity index is 763. The van der Waals surface area contributed by atoms with E-state index < -0.39 is 0 Å². The molecule has 1 aliphatic rings. The second-order valence-electron chi connectivity index (χ2n) is 5.10. The Labute approximate surface area is 126 Å². The van der Waals surface area contributed by atoms with E-state index in [0.717, 1.165) is 12.8 Å². The molecule has 3 aromatic rings. The molecule has 0 bridgehead atoms. The summed E-state index contributed by atoms with van der Waals surface area (Å²) in [5.41, 5.74) is 6.77. The molecule has 106 valence electrons. The van der Waals surface area contributed by atoms with Crippen molar-refractivity contribution in [3.63, 3.8) is 0 Å². The van der Waals surface area contributed by atoms with Crippen LogP contribution in [0.25, 0.3) is 22.6 Å². The lowest BCUT2D eigenvalue weighted by Crippen LogP contribution is -1.97. The average molecular weight is 275 g/mol. The van der Waals surface area contributed by atoms with E-state index in [2.05, 4.69) is 65.7 Å². The highest BCUT2D eigenvalue weighted by Gasteiger charge is 2.16. The molecule has 0 atom stereocenters. The van der Waals surface area contributed by atoms with Crippen LogP contribution in [0, 0.1) is 0 Å². The molecule has 1 nitrogen and oxygen atoms in total. The molecule has 1 aromatic heterocycles. The zero-order valence-corrected chi connectivity index (χ0v) is 12.7. The quantitative estimate of drug-likeness (QED) is 0.588. The summed E-state index contributed by atoms with van der Waals surface area (Å²) in [4.78, 5) is 3.54. The van der Waals surface area contributed by atoms with Gasteiger partial charge in [-0.3, -0.25) is 0 Å². The molecule has 0 aliphatic heterocycles. The van der Waals surface area contributed by atoms with Crippen molar-refractivity contribution in [2.75, 3.05) is 0 Å². The summed E-state index contributed by atoms with van der Waals surface area (Å²) in [6.07, 6.45) is 4.56. The summed E-state index contributed by atoms with van der Waals surface area (Å²) in [5.74, 6) is 0. The minimum Gasteiger partial charge on any atom is -0.355 e. The Hall–Kier alpha value is -2.28. The Kier molecular flexibility index (Phi) is 3.92. The van der Waals surface area contributed by atoms with Crippen molar-refractivity contribution >= 4 is 22.6 Å². The Morgan fingerprint density at radius 2 is 1.52 bits per heavy atom.